The Bertz CT molecular complexity index is 672. The number of halogens is 3. The maximum absolute atomic E-state index is 10.7. The van der Waals surface area contributed by atoms with Crippen LogP contribution in [0.1, 0.15) is 23.7 Å². The summed E-state index contributed by atoms with van der Waals surface area (Å²) in [5.41, 5.74) is 1.58. The van der Waals surface area contributed by atoms with Crippen molar-refractivity contribution >= 4 is 59.1 Å². The Morgan fingerprint density at radius 2 is 1.67 bits per heavy atom. The van der Waals surface area contributed by atoms with Gasteiger partial charge >= 0.3 is 0 Å². The average Bonchev–Trinajstić information content (AvgIpc) is 2.64. The van der Waals surface area contributed by atoms with Crippen LogP contribution in [0.4, 0.5) is 0 Å². The van der Waals surface area contributed by atoms with Crippen LogP contribution in [0.3, 0.4) is 0 Å². The predicted octanol–water partition coefficient (Wildman–Crippen LogP) is 5.28. The van der Waals surface area contributed by atoms with Crippen molar-refractivity contribution in [2.75, 3.05) is 13.2 Å². The largest absolute Gasteiger partial charge is 0.490 e. The van der Waals surface area contributed by atoms with E-state index < -0.39 is 6.10 Å². The molecule has 7 heteroatoms. The van der Waals surface area contributed by atoms with Gasteiger partial charge in [0.2, 0.25) is 0 Å². The summed E-state index contributed by atoms with van der Waals surface area (Å²) >= 11 is 12.0. The van der Waals surface area contributed by atoms with E-state index in [1.807, 2.05) is 18.2 Å². The highest BCUT2D eigenvalue weighted by Gasteiger charge is 2.22. The molecule has 0 aliphatic carbocycles. The Balaban J connectivity index is 2.02. The van der Waals surface area contributed by atoms with Crippen LogP contribution in [0.5, 0.6) is 11.5 Å². The number of thiophene rings is 1. The third kappa shape index (κ3) is 3.32. The second-order valence-electron chi connectivity index (χ2n) is 4.55. The summed E-state index contributed by atoms with van der Waals surface area (Å²) in [6, 6.07) is 5.61. The van der Waals surface area contributed by atoms with Gasteiger partial charge in [-0.2, -0.15) is 0 Å². The molecular formula is C14H11Br3O3S. The Kier molecular flexibility index (Phi) is 4.95. The van der Waals surface area contributed by atoms with Gasteiger partial charge in [-0.25, -0.2) is 0 Å². The van der Waals surface area contributed by atoms with Crippen molar-refractivity contribution in [3.63, 3.8) is 0 Å². The zero-order valence-corrected chi connectivity index (χ0v) is 16.3. The number of ether oxygens (including phenoxy) is 2. The molecule has 0 fully saturated rings. The molecule has 1 aromatic carbocycles. The van der Waals surface area contributed by atoms with E-state index in [0.717, 1.165) is 29.6 Å². The Morgan fingerprint density at radius 3 is 2.29 bits per heavy atom. The van der Waals surface area contributed by atoms with Gasteiger partial charge in [0.15, 0.2) is 11.5 Å². The number of aliphatic hydroxyl groups is 1. The van der Waals surface area contributed by atoms with E-state index in [-0.39, 0.29) is 0 Å². The molecule has 0 saturated heterocycles. The zero-order chi connectivity index (χ0) is 15.0. The third-order valence-corrected chi connectivity index (χ3v) is 6.21. The van der Waals surface area contributed by atoms with Crippen LogP contribution < -0.4 is 9.47 Å². The van der Waals surface area contributed by atoms with E-state index in [9.17, 15) is 5.11 Å². The van der Waals surface area contributed by atoms with Gasteiger partial charge < -0.3 is 14.6 Å². The lowest BCUT2D eigenvalue weighted by molar-refractivity contribution is 0.218. The van der Waals surface area contributed by atoms with Crippen molar-refractivity contribution < 1.29 is 14.6 Å². The van der Waals surface area contributed by atoms with Crippen LogP contribution in [-0.4, -0.2) is 18.3 Å². The molecule has 2 heterocycles. The van der Waals surface area contributed by atoms with E-state index in [4.69, 9.17) is 9.47 Å². The normalized spacial score (nSPS) is 15.6. The van der Waals surface area contributed by atoms with Gasteiger partial charge in [-0.3, -0.25) is 0 Å². The van der Waals surface area contributed by atoms with E-state index in [2.05, 4.69) is 47.8 Å². The summed E-state index contributed by atoms with van der Waals surface area (Å²) < 4.78 is 14.0. The molecule has 1 aliphatic rings. The highest BCUT2D eigenvalue weighted by Crippen LogP contribution is 2.43. The minimum Gasteiger partial charge on any atom is -0.490 e. The molecule has 1 N–H and O–H groups in total. The van der Waals surface area contributed by atoms with Gasteiger partial charge in [-0.05, 0) is 50.1 Å². The topological polar surface area (TPSA) is 38.7 Å². The summed E-state index contributed by atoms with van der Waals surface area (Å²) in [6.45, 7) is 1.27. The third-order valence-electron chi connectivity index (χ3n) is 3.14. The molecule has 0 spiro atoms. The standard InChI is InChI=1S/C14H11Br3O3S/c15-9-6-11-10(19-2-1-3-20-11)4-7(9)13(18)8-5-12(16)21-14(8)17/h4-6,13,18H,1-3H2. The second kappa shape index (κ2) is 6.58. The highest BCUT2D eigenvalue weighted by atomic mass is 79.9. The van der Waals surface area contributed by atoms with Crippen molar-refractivity contribution in [1.29, 1.82) is 0 Å². The summed E-state index contributed by atoms with van der Waals surface area (Å²) in [5, 5.41) is 10.7. The molecule has 1 aliphatic heterocycles. The Hall–Kier alpha value is -0.0800. The molecule has 2 aromatic rings. The summed E-state index contributed by atoms with van der Waals surface area (Å²) in [5.74, 6) is 1.39. The molecule has 21 heavy (non-hydrogen) atoms. The van der Waals surface area contributed by atoms with Gasteiger partial charge in [0, 0.05) is 22.0 Å². The first-order chi connectivity index (χ1) is 10.1. The molecule has 0 amide bonds. The van der Waals surface area contributed by atoms with Crippen LogP contribution in [0, 0.1) is 0 Å². The zero-order valence-electron chi connectivity index (χ0n) is 10.7. The molecule has 0 saturated carbocycles. The predicted molar refractivity (Wildman–Crippen MR) is 93.5 cm³/mol. The smallest absolute Gasteiger partial charge is 0.162 e. The molecule has 3 nitrogen and oxygen atoms in total. The Labute approximate surface area is 151 Å². The van der Waals surface area contributed by atoms with Gasteiger partial charge in [-0.1, -0.05) is 15.9 Å². The lowest BCUT2D eigenvalue weighted by atomic mass is 10.0. The van der Waals surface area contributed by atoms with Crippen LogP contribution in [-0.2, 0) is 0 Å². The van der Waals surface area contributed by atoms with Crippen LogP contribution in [0.2, 0.25) is 0 Å². The molecule has 0 bridgehead atoms. The first-order valence-corrected chi connectivity index (χ1v) is 9.47. The van der Waals surface area contributed by atoms with E-state index >= 15 is 0 Å². The first kappa shape index (κ1) is 15.8. The monoisotopic (exact) mass is 496 g/mol. The number of benzene rings is 1. The molecule has 3 rings (SSSR count). The van der Waals surface area contributed by atoms with Crippen molar-refractivity contribution in [1.82, 2.24) is 0 Å². The van der Waals surface area contributed by atoms with Crippen LogP contribution in [0.15, 0.2) is 30.2 Å². The van der Waals surface area contributed by atoms with Crippen molar-refractivity contribution in [2.45, 2.75) is 12.5 Å². The second-order valence-corrected chi connectivity index (χ2v) is 9.16. The van der Waals surface area contributed by atoms with Crippen molar-refractivity contribution in [2.24, 2.45) is 0 Å². The lowest BCUT2D eigenvalue weighted by Crippen LogP contribution is -2.02. The number of hydrogen-bond donors (Lipinski definition) is 1. The minimum atomic E-state index is -0.742. The summed E-state index contributed by atoms with van der Waals surface area (Å²) in [7, 11) is 0. The maximum Gasteiger partial charge on any atom is 0.162 e. The molecule has 1 unspecified atom stereocenters. The van der Waals surface area contributed by atoms with E-state index in [0.29, 0.717) is 24.7 Å². The van der Waals surface area contributed by atoms with Gasteiger partial charge in [0.05, 0.1) is 20.8 Å². The highest BCUT2D eigenvalue weighted by molar-refractivity contribution is 9.12. The van der Waals surface area contributed by atoms with E-state index in [1.54, 1.807) is 0 Å². The summed E-state index contributed by atoms with van der Waals surface area (Å²) in [6.07, 6.45) is 0.112. The lowest BCUT2D eigenvalue weighted by Gasteiger charge is -2.16. The van der Waals surface area contributed by atoms with Crippen molar-refractivity contribution in [3.8, 4) is 11.5 Å². The maximum atomic E-state index is 10.7. The number of aliphatic hydroxyl groups excluding tert-OH is 1. The fourth-order valence-corrected chi connectivity index (χ4v) is 5.54. The molecule has 0 radical (unpaired) electrons. The number of rotatable bonds is 2. The molecule has 1 aromatic heterocycles. The van der Waals surface area contributed by atoms with Gasteiger partial charge in [0.1, 0.15) is 6.10 Å². The van der Waals surface area contributed by atoms with Crippen LogP contribution in [0.25, 0.3) is 0 Å². The SMILES string of the molecule is OC(c1cc2c(cc1Br)OCCCO2)c1cc(Br)sc1Br. The summed E-state index contributed by atoms with van der Waals surface area (Å²) in [4.78, 5) is 0. The quantitative estimate of drug-likeness (QED) is 0.612. The van der Waals surface area contributed by atoms with Gasteiger partial charge in [0.25, 0.3) is 0 Å². The number of hydrogen-bond acceptors (Lipinski definition) is 4. The molecular weight excluding hydrogens is 488 g/mol. The molecule has 112 valence electrons. The fourth-order valence-electron chi connectivity index (χ4n) is 2.12. The minimum absolute atomic E-state index is 0.623. The Morgan fingerprint density at radius 1 is 1.00 bits per heavy atom. The number of fused-ring (bicyclic) bond motifs is 1. The van der Waals surface area contributed by atoms with E-state index in [1.165, 1.54) is 11.3 Å². The van der Waals surface area contributed by atoms with Gasteiger partial charge in [-0.15, -0.1) is 11.3 Å². The average molecular weight is 499 g/mol. The van der Waals surface area contributed by atoms with Crippen LogP contribution >= 0.6 is 59.1 Å². The van der Waals surface area contributed by atoms with Crippen molar-refractivity contribution in [3.05, 3.63) is 41.4 Å². The fraction of sp³-hybridized carbons (Fsp3) is 0.286. The first-order valence-electron chi connectivity index (χ1n) is 6.28. The molecule has 1 atom stereocenters.